The highest BCUT2D eigenvalue weighted by atomic mass is 19.1. The van der Waals surface area contributed by atoms with Gasteiger partial charge in [0.2, 0.25) is 0 Å². The zero-order valence-electron chi connectivity index (χ0n) is 16.9. The molecular formula is C24H28FNO3. The summed E-state index contributed by atoms with van der Waals surface area (Å²) in [7, 11) is 0. The second kappa shape index (κ2) is 8.52. The number of halogens is 1. The molecule has 1 aromatic heterocycles. The fraction of sp³-hybridized carbons (Fsp3) is 0.500. The van der Waals surface area contributed by atoms with Crippen LogP contribution in [0, 0.1) is 12.7 Å². The summed E-state index contributed by atoms with van der Waals surface area (Å²) in [6.07, 6.45) is 8.63. The minimum absolute atomic E-state index is 0.0110. The van der Waals surface area contributed by atoms with Crippen LogP contribution in [0.4, 0.5) is 4.39 Å². The molecule has 2 aliphatic rings. The number of esters is 1. The Hall–Kier alpha value is -2.43. The van der Waals surface area contributed by atoms with Crippen molar-refractivity contribution < 1.29 is 18.7 Å². The van der Waals surface area contributed by atoms with Crippen molar-refractivity contribution in [3.8, 4) is 0 Å². The first-order chi connectivity index (χ1) is 14.0. The molecule has 2 aromatic rings. The maximum absolute atomic E-state index is 13.2. The second-order valence-electron chi connectivity index (χ2n) is 8.43. The highest BCUT2D eigenvalue weighted by Gasteiger charge is 2.32. The Morgan fingerprint density at radius 1 is 1.03 bits per heavy atom. The molecule has 0 saturated heterocycles. The van der Waals surface area contributed by atoms with Crippen LogP contribution in [0.25, 0.3) is 0 Å². The van der Waals surface area contributed by atoms with E-state index in [2.05, 4.69) is 4.98 Å². The summed E-state index contributed by atoms with van der Waals surface area (Å²) in [6.45, 7) is 1.82. The Balaban J connectivity index is 1.52. The number of nitrogens with one attached hydrogen (secondary N) is 1. The average Bonchev–Trinajstić information content (AvgIpc) is 3.01. The molecular weight excluding hydrogens is 369 g/mol. The summed E-state index contributed by atoms with van der Waals surface area (Å²) in [5, 5.41) is 0. The van der Waals surface area contributed by atoms with Gasteiger partial charge in [0.25, 0.3) is 0 Å². The van der Waals surface area contributed by atoms with E-state index in [9.17, 15) is 14.0 Å². The van der Waals surface area contributed by atoms with Gasteiger partial charge in [0.05, 0.1) is 0 Å². The van der Waals surface area contributed by atoms with Crippen LogP contribution >= 0.6 is 0 Å². The zero-order chi connectivity index (χ0) is 20.4. The Bertz CT molecular complexity index is 892. The van der Waals surface area contributed by atoms with Crippen molar-refractivity contribution in [2.24, 2.45) is 0 Å². The molecule has 1 N–H and O–H groups in total. The van der Waals surface area contributed by atoms with Crippen molar-refractivity contribution in [1.29, 1.82) is 0 Å². The summed E-state index contributed by atoms with van der Waals surface area (Å²) in [6, 6.07) is 6.32. The molecule has 154 valence electrons. The van der Waals surface area contributed by atoms with Crippen LogP contribution in [0.1, 0.15) is 95.0 Å². The maximum atomic E-state index is 13.2. The predicted molar refractivity (Wildman–Crippen MR) is 109 cm³/mol. The Kier molecular flexibility index (Phi) is 5.84. The molecule has 2 aliphatic carbocycles. The van der Waals surface area contributed by atoms with Crippen LogP contribution in [0.2, 0.25) is 0 Å². The number of carbonyl (C=O) groups excluding carboxylic acids is 2. The third-order valence-electron chi connectivity index (χ3n) is 6.36. The van der Waals surface area contributed by atoms with Gasteiger partial charge in [0, 0.05) is 17.7 Å². The molecule has 1 fully saturated rings. The number of aromatic amines is 1. The van der Waals surface area contributed by atoms with Crippen LogP contribution in [0.3, 0.4) is 0 Å². The molecule has 0 radical (unpaired) electrons. The number of benzene rings is 1. The lowest BCUT2D eigenvalue weighted by Gasteiger charge is -2.22. The molecule has 0 amide bonds. The van der Waals surface area contributed by atoms with Crippen LogP contribution in [0.5, 0.6) is 0 Å². The van der Waals surface area contributed by atoms with E-state index in [0.29, 0.717) is 29.7 Å². The topological polar surface area (TPSA) is 59.2 Å². The molecule has 1 heterocycles. The molecule has 1 saturated carbocycles. The number of hydrogen-bond donors (Lipinski definition) is 1. The molecule has 0 aliphatic heterocycles. The first-order valence-corrected chi connectivity index (χ1v) is 10.7. The largest absolute Gasteiger partial charge is 0.458 e. The van der Waals surface area contributed by atoms with E-state index >= 15 is 0 Å². The number of ether oxygens (including phenoxy) is 1. The van der Waals surface area contributed by atoms with E-state index in [1.54, 1.807) is 12.1 Å². The summed E-state index contributed by atoms with van der Waals surface area (Å²) in [5.74, 6) is -0.623. The van der Waals surface area contributed by atoms with E-state index in [1.807, 2.05) is 6.92 Å². The lowest BCUT2D eigenvalue weighted by molar-refractivity contribution is 0.0232. The van der Waals surface area contributed by atoms with E-state index in [1.165, 1.54) is 31.4 Å². The van der Waals surface area contributed by atoms with Crippen molar-refractivity contribution in [3.05, 3.63) is 58.2 Å². The average molecular weight is 397 g/mol. The van der Waals surface area contributed by atoms with Crippen molar-refractivity contribution in [2.75, 3.05) is 0 Å². The molecule has 29 heavy (non-hydrogen) atoms. The van der Waals surface area contributed by atoms with E-state index in [4.69, 9.17) is 4.74 Å². The SMILES string of the molecule is Cc1c(C(=O)OC2CCCCCCC2)[nH]c2c1C(=O)CC(c1ccc(F)cc1)C2. The molecule has 0 bridgehead atoms. The monoisotopic (exact) mass is 397 g/mol. The van der Waals surface area contributed by atoms with Gasteiger partial charge in [-0.1, -0.05) is 31.4 Å². The molecule has 4 rings (SSSR count). The van der Waals surface area contributed by atoms with Gasteiger partial charge < -0.3 is 9.72 Å². The predicted octanol–water partition coefficient (Wildman–Crippen LogP) is 5.64. The third kappa shape index (κ3) is 4.29. The molecule has 1 aromatic carbocycles. The highest BCUT2D eigenvalue weighted by Crippen LogP contribution is 2.35. The van der Waals surface area contributed by atoms with Crippen LogP contribution < -0.4 is 0 Å². The number of H-pyrrole nitrogens is 1. The van der Waals surface area contributed by atoms with E-state index < -0.39 is 0 Å². The first-order valence-electron chi connectivity index (χ1n) is 10.7. The van der Waals surface area contributed by atoms with Gasteiger partial charge in [-0.2, -0.15) is 0 Å². The van der Waals surface area contributed by atoms with E-state index in [-0.39, 0.29) is 29.6 Å². The second-order valence-corrected chi connectivity index (χ2v) is 8.43. The van der Waals surface area contributed by atoms with Gasteiger partial charge in [-0.15, -0.1) is 0 Å². The zero-order valence-corrected chi connectivity index (χ0v) is 16.9. The number of hydrogen-bond acceptors (Lipinski definition) is 3. The smallest absolute Gasteiger partial charge is 0.355 e. The summed E-state index contributed by atoms with van der Waals surface area (Å²) in [4.78, 5) is 28.9. The summed E-state index contributed by atoms with van der Waals surface area (Å²) in [5.41, 5.74) is 3.46. The van der Waals surface area contributed by atoms with E-state index in [0.717, 1.165) is 36.9 Å². The van der Waals surface area contributed by atoms with Gasteiger partial charge >= 0.3 is 5.97 Å². The number of rotatable bonds is 3. The lowest BCUT2D eigenvalue weighted by Crippen LogP contribution is -2.20. The van der Waals surface area contributed by atoms with Crippen molar-refractivity contribution in [1.82, 2.24) is 4.98 Å². The summed E-state index contributed by atoms with van der Waals surface area (Å²) < 4.78 is 19.0. The third-order valence-corrected chi connectivity index (χ3v) is 6.36. The van der Waals surface area contributed by atoms with Gasteiger partial charge in [0.15, 0.2) is 5.78 Å². The van der Waals surface area contributed by atoms with Gasteiger partial charge in [-0.3, -0.25) is 4.79 Å². The van der Waals surface area contributed by atoms with Gasteiger partial charge in [-0.05, 0) is 68.2 Å². The van der Waals surface area contributed by atoms with Crippen molar-refractivity contribution in [2.45, 2.75) is 76.7 Å². The van der Waals surface area contributed by atoms with Crippen LogP contribution in [0.15, 0.2) is 24.3 Å². The quantitative estimate of drug-likeness (QED) is 0.682. The molecule has 1 unspecified atom stereocenters. The standard InChI is InChI=1S/C24H28FNO3/c1-15-22-20(13-17(14-21(22)27)16-9-11-18(25)12-10-16)26-23(15)24(28)29-19-7-5-3-2-4-6-8-19/h9-12,17,19,26H,2-8,13-14H2,1H3. The first kappa shape index (κ1) is 19.9. The highest BCUT2D eigenvalue weighted by molar-refractivity contribution is 6.03. The molecule has 0 spiro atoms. The summed E-state index contributed by atoms with van der Waals surface area (Å²) >= 11 is 0. The number of carbonyl (C=O) groups is 2. The number of aromatic nitrogens is 1. The Morgan fingerprint density at radius 3 is 2.38 bits per heavy atom. The molecule has 5 heteroatoms. The van der Waals surface area contributed by atoms with Crippen molar-refractivity contribution in [3.63, 3.8) is 0 Å². The number of fused-ring (bicyclic) bond motifs is 1. The van der Waals surface area contributed by atoms with Crippen LogP contribution in [-0.4, -0.2) is 22.8 Å². The number of Topliss-reactive ketones (excluding diaryl/α,β-unsaturated/α-hetero) is 1. The minimum atomic E-state index is -0.353. The Morgan fingerprint density at radius 2 is 1.69 bits per heavy atom. The number of ketones is 1. The Labute approximate surface area is 170 Å². The van der Waals surface area contributed by atoms with Crippen molar-refractivity contribution >= 4 is 11.8 Å². The molecule has 1 atom stereocenters. The van der Waals surface area contributed by atoms with Gasteiger partial charge in [-0.25, -0.2) is 9.18 Å². The maximum Gasteiger partial charge on any atom is 0.355 e. The fourth-order valence-corrected chi connectivity index (χ4v) is 4.76. The van der Waals surface area contributed by atoms with Crippen LogP contribution in [-0.2, 0) is 11.2 Å². The minimum Gasteiger partial charge on any atom is -0.458 e. The van der Waals surface area contributed by atoms with Gasteiger partial charge in [0.1, 0.15) is 17.6 Å². The fourth-order valence-electron chi connectivity index (χ4n) is 4.76. The normalized spacial score (nSPS) is 20.6. The molecule has 4 nitrogen and oxygen atoms in total. The lowest BCUT2D eigenvalue weighted by atomic mass is 9.81.